The molecule has 4 nitrogen and oxygen atoms in total. The van der Waals surface area contributed by atoms with Crippen molar-refractivity contribution in [2.45, 2.75) is 34.2 Å². The topological polar surface area (TPSA) is 51.1 Å². The first-order valence-electron chi connectivity index (χ1n) is 8.33. The van der Waals surface area contributed by atoms with Crippen LogP contribution >= 0.6 is 0 Å². The van der Waals surface area contributed by atoms with Gasteiger partial charge >= 0.3 is 0 Å². The smallest absolute Gasteiger partial charge is 0.251 e. The zero-order valence-corrected chi connectivity index (χ0v) is 15.0. The van der Waals surface area contributed by atoms with Crippen molar-refractivity contribution in [1.29, 1.82) is 0 Å². The molecular formula is C21H22N2O2. The first-order chi connectivity index (χ1) is 11.8. The zero-order chi connectivity index (χ0) is 18.1. The predicted molar refractivity (Wildman–Crippen MR) is 102 cm³/mol. The van der Waals surface area contributed by atoms with E-state index in [1.54, 1.807) is 10.6 Å². The molecule has 0 fully saturated rings. The van der Waals surface area contributed by atoms with Crippen LogP contribution in [0.2, 0.25) is 0 Å². The number of hydrogen-bond donors (Lipinski definition) is 1. The summed E-state index contributed by atoms with van der Waals surface area (Å²) in [4.78, 5) is 25.0. The molecule has 0 saturated heterocycles. The van der Waals surface area contributed by atoms with E-state index in [2.05, 4.69) is 11.4 Å². The van der Waals surface area contributed by atoms with Gasteiger partial charge < -0.3 is 5.32 Å². The Hall–Kier alpha value is -2.88. The fraction of sp³-hybridized carbons (Fsp3) is 0.238. The third kappa shape index (κ3) is 3.48. The van der Waals surface area contributed by atoms with E-state index in [1.165, 1.54) is 0 Å². The molecule has 4 heteroatoms. The van der Waals surface area contributed by atoms with Gasteiger partial charge in [-0.1, -0.05) is 29.3 Å². The summed E-state index contributed by atoms with van der Waals surface area (Å²) in [5.41, 5.74) is 5.60. The van der Waals surface area contributed by atoms with Crippen molar-refractivity contribution >= 4 is 22.5 Å². The van der Waals surface area contributed by atoms with Crippen LogP contribution in [0.1, 0.15) is 22.3 Å². The number of pyridine rings is 1. The summed E-state index contributed by atoms with van der Waals surface area (Å²) in [5.74, 6) is -0.212. The minimum Gasteiger partial charge on any atom is -0.325 e. The van der Waals surface area contributed by atoms with Gasteiger partial charge in [0.15, 0.2) is 0 Å². The van der Waals surface area contributed by atoms with E-state index >= 15 is 0 Å². The van der Waals surface area contributed by atoms with Gasteiger partial charge in [-0.3, -0.25) is 14.2 Å². The predicted octanol–water partition coefficient (Wildman–Crippen LogP) is 3.87. The Kier molecular flexibility index (Phi) is 4.45. The summed E-state index contributed by atoms with van der Waals surface area (Å²) in [6, 6.07) is 13.3. The SMILES string of the molecule is Cc1ccc(NC(=O)Cn2c(=O)cc(C)c3cc(C)cc(C)c32)cc1. The number of aryl methyl sites for hydroxylation is 4. The number of amides is 1. The van der Waals surface area contributed by atoms with Crippen molar-refractivity contribution in [1.82, 2.24) is 4.57 Å². The van der Waals surface area contributed by atoms with E-state index in [0.717, 1.165) is 38.8 Å². The number of carbonyl (C=O) groups is 1. The van der Waals surface area contributed by atoms with Gasteiger partial charge in [0.2, 0.25) is 5.91 Å². The molecule has 0 aliphatic carbocycles. The molecular weight excluding hydrogens is 312 g/mol. The van der Waals surface area contributed by atoms with Gasteiger partial charge in [0.05, 0.1) is 5.52 Å². The molecule has 3 aromatic rings. The second-order valence-corrected chi connectivity index (χ2v) is 6.64. The normalized spacial score (nSPS) is 10.9. The van der Waals surface area contributed by atoms with Crippen LogP contribution in [-0.4, -0.2) is 10.5 Å². The van der Waals surface area contributed by atoms with Crippen LogP contribution in [0.15, 0.2) is 47.3 Å². The summed E-state index contributed by atoms with van der Waals surface area (Å²) in [6.45, 7) is 7.93. The maximum atomic E-state index is 12.5. The largest absolute Gasteiger partial charge is 0.325 e. The van der Waals surface area contributed by atoms with Crippen molar-refractivity contribution in [3.8, 4) is 0 Å². The van der Waals surface area contributed by atoms with Crippen LogP contribution in [-0.2, 0) is 11.3 Å². The first-order valence-corrected chi connectivity index (χ1v) is 8.33. The molecule has 3 rings (SSSR count). The first kappa shape index (κ1) is 17.0. The minimum atomic E-state index is -0.212. The number of fused-ring (bicyclic) bond motifs is 1. The quantitative estimate of drug-likeness (QED) is 0.790. The number of benzene rings is 2. The molecule has 0 aliphatic heterocycles. The van der Waals surface area contributed by atoms with Crippen LogP contribution in [0, 0.1) is 27.7 Å². The summed E-state index contributed by atoms with van der Waals surface area (Å²) in [6.07, 6.45) is 0. The maximum Gasteiger partial charge on any atom is 0.251 e. The summed E-state index contributed by atoms with van der Waals surface area (Å²) in [7, 11) is 0. The van der Waals surface area contributed by atoms with Crippen LogP contribution in [0.3, 0.4) is 0 Å². The Balaban J connectivity index is 1.99. The lowest BCUT2D eigenvalue weighted by molar-refractivity contribution is -0.116. The lowest BCUT2D eigenvalue weighted by atomic mass is 10.0. The number of rotatable bonds is 3. The standard InChI is InChI=1S/C21H22N2O2/c1-13-5-7-17(8-6-13)22-19(24)12-23-20(25)11-15(3)18-10-14(2)9-16(4)21(18)23/h5-11H,12H2,1-4H3,(H,22,24). The number of aromatic nitrogens is 1. The van der Waals surface area contributed by atoms with Crippen LogP contribution in [0.25, 0.3) is 10.9 Å². The molecule has 1 N–H and O–H groups in total. The fourth-order valence-corrected chi connectivity index (χ4v) is 3.21. The molecule has 0 spiro atoms. The van der Waals surface area contributed by atoms with Crippen LogP contribution in [0.4, 0.5) is 5.69 Å². The number of anilines is 1. The Morgan fingerprint density at radius 1 is 0.920 bits per heavy atom. The van der Waals surface area contributed by atoms with Gasteiger partial charge in [-0.15, -0.1) is 0 Å². The lowest BCUT2D eigenvalue weighted by Crippen LogP contribution is -2.28. The molecule has 0 aliphatic rings. The highest BCUT2D eigenvalue weighted by Gasteiger charge is 2.13. The van der Waals surface area contributed by atoms with Gasteiger partial charge in [0.1, 0.15) is 6.54 Å². The molecule has 25 heavy (non-hydrogen) atoms. The lowest BCUT2D eigenvalue weighted by Gasteiger charge is -2.15. The highest BCUT2D eigenvalue weighted by Crippen LogP contribution is 2.22. The van der Waals surface area contributed by atoms with Crippen LogP contribution in [0.5, 0.6) is 0 Å². The summed E-state index contributed by atoms with van der Waals surface area (Å²) in [5, 5.41) is 3.87. The van der Waals surface area contributed by atoms with Gasteiger partial charge in [-0.05, 0) is 57.0 Å². The van der Waals surface area contributed by atoms with Gasteiger partial charge in [0, 0.05) is 17.1 Å². The number of hydrogen-bond acceptors (Lipinski definition) is 2. The molecule has 128 valence electrons. The highest BCUT2D eigenvalue weighted by molar-refractivity contribution is 5.92. The molecule has 0 atom stereocenters. The Bertz CT molecular complexity index is 1010. The highest BCUT2D eigenvalue weighted by atomic mass is 16.2. The molecule has 0 radical (unpaired) electrons. The molecule has 2 aromatic carbocycles. The number of nitrogens with zero attached hydrogens (tertiary/aromatic N) is 1. The van der Waals surface area contributed by atoms with E-state index < -0.39 is 0 Å². The molecule has 1 amide bonds. The fourth-order valence-electron chi connectivity index (χ4n) is 3.21. The Labute approximate surface area is 147 Å². The minimum absolute atomic E-state index is 0.00656. The number of carbonyl (C=O) groups excluding carboxylic acids is 1. The third-order valence-corrected chi connectivity index (χ3v) is 4.38. The average molecular weight is 334 g/mol. The number of nitrogens with one attached hydrogen (secondary N) is 1. The van der Waals surface area contributed by atoms with E-state index in [4.69, 9.17) is 0 Å². The Morgan fingerprint density at radius 3 is 2.28 bits per heavy atom. The Morgan fingerprint density at radius 2 is 1.60 bits per heavy atom. The summed E-state index contributed by atoms with van der Waals surface area (Å²) < 4.78 is 1.56. The van der Waals surface area contributed by atoms with Gasteiger partial charge in [-0.2, -0.15) is 0 Å². The molecule has 0 unspecified atom stereocenters. The van der Waals surface area contributed by atoms with Crippen molar-refractivity contribution in [3.63, 3.8) is 0 Å². The molecule has 0 bridgehead atoms. The van der Waals surface area contributed by atoms with Gasteiger partial charge in [-0.25, -0.2) is 0 Å². The van der Waals surface area contributed by atoms with Gasteiger partial charge in [0.25, 0.3) is 5.56 Å². The zero-order valence-electron chi connectivity index (χ0n) is 15.0. The summed E-state index contributed by atoms with van der Waals surface area (Å²) >= 11 is 0. The van der Waals surface area contributed by atoms with Crippen molar-refractivity contribution in [2.75, 3.05) is 5.32 Å². The molecule has 1 aromatic heterocycles. The third-order valence-electron chi connectivity index (χ3n) is 4.38. The van der Waals surface area contributed by atoms with Crippen molar-refractivity contribution in [3.05, 3.63) is 75.1 Å². The van der Waals surface area contributed by atoms with E-state index in [0.29, 0.717) is 0 Å². The van der Waals surface area contributed by atoms with E-state index in [1.807, 2.05) is 58.0 Å². The second kappa shape index (κ2) is 6.55. The maximum absolute atomic E-state index is 12.5. The van der Waals surface area contributed by atoms with Crippen LogP contribution < -0.4 is 10.9 Å². The monoisotopic (exact) mass is 334 g/mol. The van der Waals surface area contributed by atoms with E-state index in [9.17, 15) is 9.59 Å². The second-order valence-electron chi connectivity index (χ2n) is 6.64. The van der Waals surface area contributed by atoms with E-state index in [-0.39, 0.29) is 18.0 Å². The van der Waals surface area contributed by atoms with Crippen molar-refractivity contribution < 1.29 is 4.79 Å². The van der Waals surface area contributed by atoms with Crippen molar-refractivity contribution in [2.24, 2.45) is 0 Å². The molecule has 1 heterocycles. The molecule has 0 saturated carbocycles. The average Bonchev–Trinajstić information content (AvgIpc) is 2.53.